The lowest BCUT2D eigenvalue weighted by Crippen LogP contribution is -2.40. The van der Waals surface area contributed by atoms with Gasteiger partial charge in [-0.05, 0) is 43.4 Å². The predicted octanol–water partition coefficient (Wildman–Crippen LogP) is 2.99. The van der Waals surface area contributed by atoms with E-state index in [1.807, 2.05) is 24.3 Å². The average molecular weight is 310 g/mol. The molecule has 0 radical (unpaired) electrons. The lowest BCUT2D eigenvalue weighted by Gasteiger charge is -2.30. The molecule has 0 bridgehead atoms. The summed E-state index contributed by atoms with van der Waals surface area (Å²) in [5.74, 6) is -0.902. The quantitative estimate of drug-likeness (QED) is 0.909. The molecule has 0 aliphatic carbocycles. The molecular weight excluding hydrogens is 290 g/mol. The fourth-order valence-electron chi connectivity index (χ4n) is 2.63. The standard InChI is InChI=1S/C16H20ClNO3/c17-14-6-4-12(5-7-14)2-1-3-15(19)18-10-8-13(9-11-18)16(20)21/h4-7,13H,1-3,8-11H2,(H,20,21). The monoisotopic (exact) mass is 309 g/mol. The van der Waals surface area contributed by atoms with Gasteiger partial charge in [-0.1, -0.05) is 23.7 Å². The molecule has 0 aromatic heterocycles. The van der Waals surface area contributed by atoms with Gasteiger partial charge in [0.15, 0.2) is 0 Å². The fraction of sp³-hybridized carbons (Fsp3) is 0.500. The van der Waals surface area contributed by atoms with Crippen LogP contribution in [0.4, 0.5) is 0 Å². The lowest BCUT2D eigenvalue weighted by atomic mass is 9.97. The van der Waals surface area contributed by atoms with Crippen molar-refractivity contribution in [2.75, 3.05) is 13.1 Å². The van der Waals surface area contributed by atoms with E-state index in [4.69, 9.17) is 16.7 Å². The van der Waals surface area contributed by atoms with Gasteiger partial charge in [0.1, 0.15) is 0 Å². The predicted molar refractivity (Wildman–Crippen MR) is 81.3 cm³/mol. The van der Waals surface area contributed by atoms with Crippen LogP contribution in [0.15, 0.2) is 24.3 Å². The fourth-order valence-corrected chi connectivity index (χ4v) is 2.75. The molecule has 1 aliphatic heterocycles. The minimum absolute atomic E-state index is 0.132. The highest BCUT2D eigenvalue weighted by molar-refractivity contribution is 6.30. The van der Waals surface area contributed by atoms with Crippen LogP contribution in [0.25, 0.3) is 0 Å². The molecule has 1 N–H and O–H groups in total. The zero-order valence-electron chi connectivity index (χ0n) is 11.9. The highest BCUT2D eigenvalue weighted by Gasteiger charge is 2.26. The zero-order chi connectivity index (χ0) is 15.2. The first kappa shape index (κ1) is 15.8. The highest BCUT2D eigenvalue weighted by Crippen LogP contribution is 2.18. The molecule has 0 unspecified atom stereocenters. The number of nitrogens with zero attached hydrogens (tertiary/aromatic N) is 1. The molecule has 1 aromatic rings. The second-order valence-corrected chi connectivity index (χ2v) is 5.91. The van der Waals surface area contributed by atoms with Crippen LogP contribution < -0.4 is 0 Å². The third-order valence-electron chi connectivity index (χ3n) is 3.97. The second-order valence-electron chi connectivity index (χ2n) is 5.47. The third-order valence-corrected chi connectivity index (χ3v) is 4.22. The van der Waals surface area contributed by atoms with Crippen molar-refractivity contribution in [1.29, 1.82) is 0 Å². The van der Waals surface area contributed by atoms with Crippen LogP contribution in [0.1, 0.15) is 31.2 Å². The Bertz CT molecular complexity index is 493. The maximum absolute atomic E-state index is 12.1. The van der Waals surface area contributed by atoms with Crippen molar-refractivity contribution >= 4 is 23.5 Å². The van der Waals surface area contributed by atoms with Crippen LogP contribution in [0.2, 0.25) is 5.02 Å². The average Bonchev–Trinajstić information content (AvgIpc) is 2.49. The Labute approximate surface area is 129 Å². The number of rotatable bonds is 5. The Hall–Kier alpha value is -1.55. The first-order valence-corrected chi connectivity index (χ1v) is 7.69. The number of halogens is 1. The number of carboxylic acids is 1. The Morgan fingerprint density at radius 3 is 2.38 bits per heavy atom. The molecule has 0 spiro atoms. The van der Waals surface area contributed by atoms with E-state index in [1.165, 1.54) is 5.56 Å². The second kappa shape index (κ2) is 7.46. The largest absolute Gasteiger partial charge is 0.481 e. The highest BCUT2D eigenvalue weighted by atomic mass is 35.5. The number of likely N-dealkylation sites (tertiary alicyclic amines) is 1. The molecule has 2 rings (SSSR count). The molecule has 1 fully saturated rings. The van der Waals surface area contributed by atoms with E-state index in [9.17, 15) is 9.59 Å². The van der Waals surface area contributed by atoms with E-state index < -0.39 is 5.97 Å². The van der Waals surface area contributed by atoms with Gasteiger partial charge in [-0.15, -0.1) is 0 Å². The van der Waals surface area contributed by atoms with E-state index in [1.54, 1.807) is 4.90 Å². The molecule has 0 atom stereocenters. The van der Waals surface area contributed by atoms with Gasteiger partial charge in [0.25, 0.3) is 0 Å². The van der Waals surface area contributed by atoms with E-state index in [2.05, 4.69) is 0 Å². The van der Waals surface area contributed by atoms with E-state index in [0.717, 1.165) is 17.9 Å². The summed E-state index contributed by atoms with van der Waals surface area (Å²) >= 11 is 5.83. The summed E-state index contributed by atoms with van der Waals surface area (Å²) in [5.41, 5.74) is 1.18. The van der Waals surface area contributed by atoms with Crippen LogP contribution in [0.5, 0.6) is 0 Å². The van der Waals surface area contributed by atoms with Gasteiger partial charge in [0.05, 0.1) is 5.92 Å². The van der Waals surface area contributed by atoms with E-state index in [-0.39, 0.29) is 11.8 Å². The van der Waals surface area contributed by atoms with Gasteiger partial charge >= 0.3 is 5.97 Å². The number of carboxylic acid groups (broad SMARTS) is 1. The van der Waals surface area contributed by atoms with Crippen LogP contribution in [-0.4, -0.2) is 35.0 Å². The molecule has 1 saturated heterocycles. The van der Waals surface area contributed by atoms with Gasteiger partial charge in [-0.3, -0.25) is 9.59 Å². The molecular formula is C16H20ClNO3. The summed E-state index contributed by atoms with van der Waals surface area (Å²) in [6, 6.07) is 7.67. The zero-order valence-corrected chi connectivity index (χ0v) is 12.7. The number of hydrogen-bond donors (Lipinski definition) is 1. The van der Waals surface area contributed by atoms with Crippen LogP contribution in [0, 0.1) is 5.92 Å². The van der Waals surface area contributed by atoms with Gasteiger partial charge < -0.3 is 10.0 Å². The van der Waals surface area contributed by atoms with E-state index in [0.29, 0.717) is 32.4 Å². The molecule has 0 saturated carbocycles. The number of aryl methyl sites for hydroxylation is 1. The van der Waals surface area contributed by atoms with Crippen molar-refractivity contribution in [2.24, 2.45) is 5.92 Å². The number of carbonyl (C=O) groups excluding carboxylic acids is 1. The van der Waals surface area contributed by atoms with Crippen molar-refractivity contribution in [3.05, 3.63) is 34.9 Å². The summed E-state index contributed by atoms with van der Waals surface area (Å²) in [5, 5.41) is 9.66. The summed E-state index contributed by atoms with van der Waals surface area (Å²) < 4.78 is 0. The number of benzene rings is 1. The molecule has 114 valence electrons. The smallest absolute Gasteiger partial charge is 0.306 e. The summed E-state index contributed by atoms with van der Waals surface area (Å²) in [6.45, 7) is 1.13. The Morgan fingerprint density at radius 1 is 1.19 bits per heavy atom. The van der Waals surface area contributed by atoms with Crippen molar-refractivity contribution in [3.63, 3.8) is 0 Å². The van der Waals surface area contributed by atoms with Crippen molar-refractivity contribution in [2.45, 2.75) is 32.1 Å². The third kappa shape index (κ3) is 4.74. The van der Waals surface area contributed by atoms with Crippen LogP contribution in [-0.2, 0) is 16.0 Å². The number of hydrogen-bond acceptors (Lipinski definition) is 2. The van der Waals surface area contributed by atoms with Crippen LogP contribution in [0.3, 0.4) is 0 Å². The first-order valence-electron chi connectivity index (χ1n) is 7.31. The summed E-state index contributed by atoms with van der Waals surface area (Å²) in [4.78, 5) is 24.7. The Kier molecular flexibility index (Phi) is 5.62. The van der Waals surface area contributed by atoms with Gasteiger partial charge in [0.2, 0.25) is 5.91 Å². The molecule has 1 aliphatic rings. The molecule has 5 heteroatoms. The molecule has 1 heterocycles. The lowest BCUT2D eigenvalue weighted by molar-refractivity contribution is -0.145. The van der Waals surface area contributed by atoms with E-state index >= 15 is 0 Å². The van der Waals surface area contributed by atoms with Crippen molar-refractivity contribution in [1.82, 2.24) is 4.90 Å². The maximum Gasteiger partial charge on any atom is 0.306 e. The van der Waals surface area contributed by atoms with Crippen molar-refractivity contribution in [3.8, 4) is 0 Å². The Morgan fingerprint density at radius 2 is 1.81 bits per heavy atom. The minimum Gasteiger partial charge on any atom is -0.481 e. The molecule has 4 nitrogen and oxygen atoms in total. The Balaban J connectivity index is 1.70. The summed E-state index contributed by atoms with van der Waals surface area (Å²) in [7, 11) is 0. The van der Waals surface area contributed by atoms with Gasteiger partial charge in [0, 0.05) is 24.5 Å². The number of amides is 1. The number of carbonyl (C=O) groups is 2. The van der Waals surface area contributed by atoms with Gasteiger partial charge in [-0.2, -0.15) is 0 Å². The summed E-state index contributed by atoms with van der Waals surface area (Å²) in [6.07, 6.45) is 3.31. The maximum atomic E-state index is 12.1. The van der Waals surface area contributed by atoms with Crippen LogP contribution >= 0.6 is 11.6 Å². The molecule has 1 amide bonds. The molecule has 21 heavy (non-hydrogen) atoms. The minimum atomic E-state index is -0.746. The van der Waals surface area contributed by atoms with Gasteiger partial charge in [-0.25, -0.2) is 0 Å². The topological polar surface area (TPSA) is 57.6 Å². The normalized spacial score (nSPS) is 16.0. The molecule has 1 aromatic carbocycles. The first-order chi connectivity index (χ1) is 10.1. The number of aliphatic carboxylic acids is 1. The SMILES string of the molecule is O=C(O)C1CCN(C(=O)CCCc2ccc(Cl)cc2)CC1. The number of piperidine rings is 1. The van der Waals surface area contributed by atoms with Crippen molar-refractivity contribution < 1.29 is 14.7 Å².